The molecule has 0 bridgehead atoms. The number of carbonyl (C=O) groups excluding carboxylic acids is 1. The zero-order valence-electron chi connectivity index (χ0n) is 11.8. The molecule has 0 spiro atoms. The lowest BCUT2D eigenvalue weighted by Crippen LogP contribution is -2.38. The molecule has 110 valence electrons. The highest BCUT2D eigenvalue weighted by molar-refractivity contribution is 9.10. The summed E-state index contributed by atoms with van der Waals surface area (Å²) in [6, 6.07) is 5.44. The number of hydrogen-bond acceptors (Lipinski definition) is 3. The van der Waals surface area contributed by atoms with Gasteiger partial charge in [-0.25, -0.2) is 0 Å². The van der Waals surface area contributed by atoms with E-state index >= 15 is 0 Å². The van der Waals surface area contributed by atoms with Crippen molar-refractivity contribution in [2.45, 2.75) is 38.9 Å². The van der Waals surface area contributed by atoms with E-state index in [1.165, 1.54) is 0 Å². The summed E-state index contributed by atoms with van der Waals surface area (Å²) in [6.07, 6.45) is 0.954. The van der Waals surface area contributed by atoms with Gasteiger partial charge in [-0.2, -0.15) is 0 Å². The topological polar surface area (TPSA) is 49.8 Å². The molecule has 1 amide bonds. The summed E-state index contributed by atoms with van der Waals surface area (Å²) < 4.78 is 6.64. The number of amides is 1. The van der Waals surface area contributed by atoms with Crippen LogP contribution in [0.25, 0.3) is 0 Å². The average molecular weight is 342 g/mol. The van der Waals surface area contributed by atoms with Crippen LogP contribution in [0.3, 0.4) is 0 Å². The van der Waals surface area contributed by atoms with E-state index in [2.05, 4.69) is 15.9 Å². The Morgan fingerprint density at radius 1 is 1.35 bits per heavy atom. The van der Waals surface area contributed by atoms with Gasteiger partial charge in [0.15, 0.2) is 6.10 Å². The van der Waals surface area contributed by atoms with Gasteiger partial charge in [0.05, 0.1) is 6.10 Å². The molecular formula is C15H20BrNO3. The first-order valence-electron chi connectivity index (χ1n) is 6.92. The van der Waals surface area contributed by atoms with E-state index in [1.807, 2.05) is 11.0 Å². The Morgan fingerprint density at radius 3 is 2.60 bits per heavy atom. The molecule has 0 aliphatic carbocycles. The molecule has 0 saturated carbocycles. The van der Waals surface area contributed by atoms with Crippen molar-refractivity contribution in [1.29, 1.82) is 0 Å². The maximum absolute atomic E-state index is 12.2. The minimum absolute atomic E-state index is 0.0130. The number of nitrogens with zero attached hydrogens (tertiary/aromatic N) is 1. The highest BCUT2D eigenvalue weighted by Gasteiger charge is 2.25. The number of aliphatic hydroxyl groups excluding tert-OH is 1. The Bertz CT molecular complexity index is 484. The van der Waals surface area contributed by atoms with E-state index < -0.39 is 12.2 Å². The molecule has 2 rings (SSSR count). The number of benzene rings is 1. The second kappa shape index (κ2) is 6.59. The van der Waals surface area contributed by atoms with E-state index in [4.69, 9.17) is 4.74 Å². The molecule has 1 aliphatic heterocycles. The third-order valence-corrected chi connectivity index (χ3v) is 3.99. The van der Waals surface area contributed by atoms with Gasteiger partial charge in [-0.1, -0.05) is 22.0 Å². The third-order valence-electron chi connectivity index (χ3n) is 3.49. The molecule has 0 aromatic heterocycles. The summed E-state index contributed by atoms with van der Waals surface area (Å²) in [4.78, 5) is 14.1. The molecule has 0 radical (unpaired) electrons. The smallest absolute Gasteiger partial charge is 0.263 e. The van der Waals surface area contributed by atoms with Crippen molar-refractivity contribution in [2.75, 3.05) is 13.1 Å². The molecule has 1 aromatic rings. The van der Waals surface area contributed by atoms with Crippen molar-refractivity contribution in [3.63, 3.8) is 0 Å². The zero-order chi connectivity index (χ0) is 14.7. The first kappa shape index (κ1) is 15.3. The number of rotatable bonds is 4. The number of halogens is 1. The fourth-order valence-corrected chi connectivity index (χ4v) is 2.73. The second-order valence-corrected chi connectivity index (χ2v) is 6.07. The van der Waals surface area contributed by atoms with Gasteiger partial charge in [0, 0.05) is 23.1 Å². The molecule has 2 atom stereocenters. The number of likely N-dealkylation sites (tertiary alicyclic amines) is 1. The average Bonchev–Trinajstić information content (AvgIpc) is 2.91. The molecule has 2 unspecified atom stereocenters. The van der Waals surface area contributed by atoms with Crippen LogP contribution in [0.5, 0.6) is 5.75 Å². The molecule has 1 heterocycles. The Labute approximate surface area is 127 Å². The third kappa shape index (κ3) is 3.52. The minimum atomic E-state index is -0.632. The highest BCUT2D eigenvalue weighted by Crippen LogP contribution is 2.29. The van der Waals surface area contributed by atoms with E-state index in [9.17, 15) is 9.90 Å². The number of hydrogen-bond donors (Lipinski definition) is 1. The quantitative estimate of drug-likeness (QED) is 0.915. The fraction of sp³-hybridized carbons (Fsp3) is 0.533. The summed E-state index contributed by atoms with van der Waals surface area (Å²) in [5.41, 5.74) is 0.689. The number of aliphatic hydroxyl groups is 1. The monoisotopic (exact) mass is 341 g/mol. The zero-order valence-corrected chi connectivity index (χ0v) is 13.4. The van der Waals surface area contributed by atoms with E-state index in [1.54, 1.807) is 26.0 Å². The lowest BCUT2D eigenvalue weighted by molar-refractivity contribution is -0.136. The maximum Gasteiger partial charge on any atom is 0.263 e. The lowest BCUT2D eigenvalue weighted by atomic mass is 10.1. The van der Waals surface area contributed by atoms with Crippen LogP contribution in [-0.2, 0) is 4.79 Å². The highest BCUT2D eigenvalue weighted by atomic mass is 79.9. The Hall–Kier alpha value is -1.07. The normalized spacial score (nSPS) is 17.9. The first-order chi connectivity index (χ1) is 9.49. The van der Waals surface area contributed by atoms with Crippen molar-refractivity contribution in [2.24, 2.45) is 0 Å². The molecule has 1 fully saturated rings. The summed E-state index contributed by atoms with van der Waals surface area (Å²) in [6.45, 7) is 5.07. The fourth-order valence-electron chi connectivity index (χ4n) is 2.39. The van der Waals surface area contributed by atoms with Crippen molar-refractivity contribution < 1.29 is 14.6 Å². The molecule has 4 nitrogen and oxygen atoms in total. The molecule has 1 aliphatic rings. The van der Waals surface area contributed by atoms with Gasteiger partial charge >= 0.3 is 0 Å². The molecular weight excluding hydrogens is 322 g/mol. The van der Waals surface area contributed by atoms with Crippen molar-refractivity contribution in [3.8, 4) is 5.75 Å². The standard InChI is InChI=1S/C15H20BrNO3/c1-10(18)13-6-5-12(16)9-14(13)20-11(2)15(19)17-7-3-4-8-17/h5-6,9-11,18H,3-4,7-8H2,1-2H3. The predicted octanol–water partition coefficient (Wildman–Crippen LogP) is 2.89. The Kier molecular flexibility index (Phi) is 5.05. The first-order valence-corrected chi connectivity index (χ1v) is 7.71. The largest absolute Gasteiger partial charge is 0.480 e. The SMILES string of the molecule is CC(Oc1cc(Br)ccc1C(C)O)C(=O)N1CCCC1. The number of ether oxygens (including phenoxy) is 1. The van der Waals surface area contributed by atoms with Gasteiger partial charge in [-0.3, -0.25) is 4.79 Å². The molecule has 20 heavy (non-hydrogen) atoms. The van der Waals surface area contributed by atoms with Gasteiger partial charge in [0.25, 0.3) is 5.91 Å². The van der Waals surface area contributed by atoms with Gasteiger partial charge < -0.3 is 14.7 Å². The van der Waals surface area contributed by atoms with Gasteiger partial charge in [-0.15, -0.1) is 0 Å². The van der Waals surface area contributed by atoms with Crippen LogP contribution in [0, 0.1) is 0 Å². The maximum atomic E-state index is 12.2. The van der Waals surface area contributed by atoms with Crippen LogP contribution < -0.4 is 4.74 Å². The summed E-state index contributed by atoms with van der Waals surface area (Å²) in [5.74, 6) is 0.563. The van der Waals surface area contributed by atoms with Gasteiger partial charge in [-0.05, 0) is 38.8 Å². The van der Waals surface area contributed by atoms with E-state index in [-0.39, 0.29) is 5.91 Å². The summed E-state index contributed by atoms with van der Waals surface area (Å²) in [7, 11) is 0. The van der Waals surface area contributed by atoms with Crippen LogP contribution in [0.4, 0.5) is 0 Å². The minimum Gasteiger partial charge on any atom is -0.480 e. The predicted molar refractivity (Wildman–Crippen MR) is 80.7 cm³/mol. The second-order valence-electron chi connectivity index (χ2n) is 5.15. The summed E-state index contributed by atoms with van der Waals surface area (Å²) >= 11 is 3.38. The molecule has 1 aromatic carbocycles. The Morgan fingerprint density at radius 2 is 2.00 bits per heavy atom. The lowest BCUT2D eigenvalue weighted by Gasteiger charge is -2.23. The van der Waals surface area contributed by atoms with Crippen LogP contribution in [0.1, 0.15) is 38.4 Å². The molecule has 1 N–H and O–H groups in total. The van der Waals surface area contributed by atoms with Crippen LogP contribution >= 0.6 is 15.9 Å². The summed E-state index contributed by atoms with van der Waals surface area (Å²) in [5, 5.41) is 9.77. The van der Waals surface area contributed by atoms with E-state index in [0.29, 0.717) is 11.3 Å². The molecule has 5 heteroatoms. The van der Waals surface area contributed by atoms with Crippen LogP contribution in [0.2, 0.25) is 0 Å². The van der Waals surface area contributed by atoms with Gasteiger partial charge in [0.1, 0.15) is 5.75 Å². The van der Waals surface area contributed by atoms with Crippen LogP contribution in [0.15, 0.2) is 22.7 Å². The van der Waals surface area contributed by atoms with Crippen molar-refractivity contribution >= 4 is 21.8 Å². The van der Waals surface area contributed by atoms with Crippen molar-refractivity contribution in [3.05, 3.63) is 28.2 Å². The van der Waals surface area contributed by atoms with Crippen molar-refractivity contribution in [1.82, 2.24) is 4.90 Å². The Balaban J connectivity index is 2.12. The van der Waals surface area contributed by atoms with Gasteiger partial charge in [0.2, 0.25) is 0 Å². The molecule has 1 saturated heterocycles. The van der Waals surface area contributed by atoms with Crippen LogP contribution in [-0.4, -0.2) is 35.1 Å². The number of carbonyl (C=O) groups is 1. The van der Waals surface area contributed by atoms with E-state index in [0.717, 1.165) is 30.4 Å².